The molecule has 2 aliphatic rings. The molecule has 2 fully saturated rings. The summed E-state index contributed by atoms with van der Waals surface area (Å²) in [6, 6.07) is 3.19. The molecule has 4 rings (SSSR count). The minimum atomic E-state index is -4.20. The molecule has 1 aromatic carbocycles. The summed E-state index contributed by atoms with van der Waals surface area (Å²) in [7, 11) is -4.20. The number of halogens is 2. The number of hydrogen-bond acceptors (Lipinski definition) is 6. The van der Waals surface area contributed by atoms with Gasteiger partial charge in [-0.3, -0.25) is 4.72 Å². The van der Waals surface area contributed by atoms with Crippen molar-refractivity contribution in [3.05, 3.63) is 34.8 Å². The molecule has 0 spiro atoms. The average Bonchev–Trinajstić information content (AvgIpc) is 3.37. The lowest BCUT2D eigenvalue weighted by molar-refractivity contribution is 0.295. The largest absolute Gasteiger partial charge is 0.384 e. The highest BCUT2D eigenvalue weighted by atomic mass is 32.2. The van der Waals surface area contributed by atoms with Crippen LogP contribution in [0.3, 0.4) is 0 Å². The van der Waals surface area contributed by atoms with Gasteiger partial charge in [0.2, 0.25) is 0 Å². The van der Waals surface area contributed by atoms with Crippen molar-refractivity contribution >= 4 is 32.2 Å². The molecule has 1 aromatic heterocycles. The molecule has 0 radical (unpaired) electrons. The van der Waals surface area contributed by atoms with Gasteiger partial charge in [0.05, 0.1) is 6.20 Å². The van der Waals surface area contributed by atoms with Crippen LogP contribution < -0.4 is 10.0 Å². The highest BCUT2D eigenvalue weighted by molar-refractivity contribution is 7.93. The fraction of sp³-hybridized carbons (Fsp3) is 0.526. The Balaban J connectivity index is 1.52. The van der Waals surface area contributed by atoms with E-state index in [0.717, 1.165) is 31.3 Å². The molecule has 6 nitrogen and oxygen atoms in total. The predicted molar refractivity (Wildman–Crippen MR) is 110 cm³/mol. The summed E-state index contributed by atoms with van der Waals surface area (Å²) in [4.78, 5) is 5.70. The first kappa shape index (κ1) is 20.5. The lowest BCUT2D eigenvalue weighted by atomic mass is 9.98. The third-order valence-electron chi connectivity index (χ3n) is 5.83. The van der Waals surface area contributed by atoms with E-state index >= 15 is 0 Å². The molecule has 0 saturated carbocycles. The van der Waals surface area contributed by atoms with E-state index < -0.39 is 25.9 Å². The minimum Gasteiger partial charge on any atom is -0.384 e. The van der Waals surface area contributed by atoms with Crippen LogP contribution in [0.15, 0.2) is 23.2 Å². The molecular weight excluding hydrogens is 418 g/mol. The SMILES string of the molecule is CCc1cc(S(=O)(=O)Nc2ncc(F)s2)c(F)cc1NC[C@@H]1CCN2CCCC12. The molecule has 10 heteroatoms. The summed E-state index contributed by atoms with van der Waals surface area (Å²) in [6.07, 6.45) is 5.04. The number of aryl methyl sites for hydroxylation is 1. The van der Waals surface area contributed by atoms with Crippen molar-refractivity contribution in [2.75, 3.05) is 29.7 Å². The van der Waals surface area contributed by atoms with Gasteiger partial charge in [-0.1, -0.05) is 18.3 Å². The number of nitrogens with one attached hydrogen (secondary N) is 2. The smallest absolute Gasteiger partial charge is 0.266 e. The van der Waals surface area contributed by atoms with Gasteiger partial charge in [0, 0.05) is 18.3 Å². The molecule has 2 atom stereocenters. The lowest BCUT2D eigenvalue weighted by Crippen LogP contribution is -2.29. The number of nitrogens with zero attached hydrogens (tertiary/aromatic N) is 2. The van der Waals surface area contributed by atoms with E-state index in [0.29, 0.717) is 35.4 Å². The number of sulfonamides is 1. The molecule has 0 amide bonds. The second-order valence-corrected chi connectivity index (χ2v) is 10.2. The maximum absolute atomic E-state index is 14.7. The number of benzene rings is 1. The molecule has 2 aromatic rings. The van der Waals surface area contributed by atoms with Crippen LogP contribution in [0.1, 0.15) is 31.7 Å². The van der Waals surface area contributed by atoms with Gasteiger partial charge in [0.25, 0.3) is 10.0 Å². The van der Waals surface area contributed by atoms with E-state index in [2.05, 4.69) is 19.9 Å². The Morgan fingerprint density at radius 2 is 2.10 bits per heavy atom. The Morgan fingerprint density at radius 3 is 2.83 bits per heavy atom. The molecule has 1 unspecified atom stereocenters. The zero-order valence-corrected chi connectivity index (χ0v) is 17.8. The van der Waals surface area contributed by atoms with Crippen LogP contribution in [0.5, 0.6) is 0 Å². The number of thiazole rings is 1. The van der Waals surface area contributed by atoms with Crippen molar-refractivity contribution < 1.29 is 17.2 Å². The Hall–Kier alpha value is -1.78. The molecule has 2 aliphatic heterocycles. The van der Waals surface area contributed by atoms with Crippen LogP contribution in [0.4, 0.5) is 19.6 Å². The first-order valence-corrected chi connectivity index (χ1v) is 12.1. The topological polar surface area (TPSA) is 74.3 Å². The number of fused-ring (bicyclic) bond motifs is 1. The number of rotatable bonds is 7. The lowest BCUT2D eigenvalue weighted by Gasteiger charge is -2.22. The van der Waals surface area contributed by atoms with Crippen LogP contribution >= 0.6 is 11.3 Å². The van der Waals surface area contributed by atoms with E-state index in [1.807, 2.05) is 6.92 Å². The van der Waals surface area contributed by atoms with Crippen molar-refractivity contribution in [1.29, 1.82) is 0 Å². The Morgan fingerprint density at radius 1 is 1.28 bits per heavy atom. The zero-order chi connectivity index (χ0) is 20.6. The number of aromatic nitrogens is 1. The summed E-state index contributed by atoms with van der Waals surface area (Å²) in [5.41, 5.74) is 1.35. The summed E-state index contributed by atoms with van der Waals surface area (Å²) in [5.74, 6) is -0.321. The minimum absolute atomic E-state index is 0.135. The van der Waals surface area contributed by atoms with Gasteiger partial charge in [-0.2, -0.15) is 4.39 Å². The molecule has 0 bridgehead atoms. The van der Waals surface area contributed by atoms with E-state index in [-0.39, 0.29) is 5.13 Å². The number of hydrogen-bond donors (Lipinski definition) is 2. The molecule has 158 valence electrons. The van der Waals surface area contributed by atoms with Crippen LogP contribution in [0, 0.1) is 16.9 Å². The standard InChI is InChI=1S/C19H24F2N4O2S2/c1-2-12-8-17(29(26,27)24-19-23-11-18(21)28-19)14(20)9-15(12)22-10-13-5-7-25-6-3-4-16(13)25/h8-9,11,13,16,22H,2-7,10H2,1H3,(H,23,24)/t13-,16?/m0/s1. The number of anilines is 2. The van der Waals surface area contributed by atoms with E-state index in [1.54, 1.807) is 0 Å². The third-order valence-corrected chi connectivity index (χ3v) is 8.01. The molecular formula is C19H24F2N4O2S2. The Labute approximate surface area is 173 Å². The summed E-state index contributed by atoms with van der Waals surface area (Å²) >= 11 is 0.551. The van der Waals surface area contributed by atoms with Gasteiger partial charge in [-0.05, 0) is 62.4 Å². The maximum Gasteiger partial charge on any atom is 0.266 e. The van der Waals surface area contributed by atoms with Crippen molar-refractivity contribution in [2.45, 2.75) is 43.5 Å². The average molecular weight is 443 g/mol. The van der Waals surface area contributed by atoms with Crippen LogP contribution in [0.25, 0.3) is 0 Å². The Bertz CT molecular complexity index is 996. The molecule has 3 heterocycles. The van der Waals surface area contributed by atoms with Gasteiger partial charge in [0.1, 0.15) is 10.7 Å². The second-order valence-electron chi connectivity index (χ2n) is 7.54. The molecule has 2 saturated heterocycles. The molecule has 29 heavy (non-hydrogen) atoms. The molecule has 0 aliphatic carbocycles. The van der Waals surface area contributed by atoms with Gasteiger partial charge >= 0.3 is 0 Å². The highest BCUT2D eigenvalue weighted by Crippen LogP contribution is 2.33. The quantitative estimate of drug-likeness (QED) is 0.684. The van der Waals surface area contributed by atoms with E-state index in [1.165, 1.54) is 31.5 Å². The van der Waals surface area contributed by atoms with Crippen molar-refractivity contribution in [3.8, 4) is 0 Å². The van der Waals surface area contributed by atoms with Gasteiger partial charge in [-0.15, -0.1) is 0 Å². The highest BCUT2D eigenvalue weighted by Gasteiger charge is 2.36. The summed E-state index contributed by atoms with van der Waals surface area (Å²) in [6.45, 7) is 4.92. The van der Waals surface area contributed by atoms with Crippen molar-refractivity contribution in [2.24, 2.45) is 5.92 Å². The van der Waals surface area contributed by atoms with Crippen molar-refractivity contribution in [1.82, 2.24) is 9.88 Å². The fourth-order valence-corrected chi connectivity index (χ4v) is 6.29. The fourth-order valence-electron chi connectivity index (χ4n) is 4.40. The maximum atomic E-state index is 14.7. The molecule has 2 N–H and O–H groups in total. The first-order valence-electron chi connectivity index (χ1n) is 9.82. The first-order chi connectivity index (χ1) is 13.9. The van der Waals surface area contributed by atoms with Gasteiger partial charge in [-0.25, -0.2) is 17.8 Å². The van der Waals surface area contributed by atoms with E-state index in [4.69, 9.17) is 0 Å². The second kappa shape index (κ2) is 8.16. The van der Waals surface area contributed by atoms with Gasteiger partial charge < -0.3 is 10.2 Å². The normalized spacial score (nSPS) is 22.0. The monoisotopic (exact) mass is 442 g/mol. The Kier molecular flexibility index (Phi) is 5.76. The van der Waals surface area contributed by atoms with Crippen LogP contribution in [-0.2, 0) is 16.4 Å². The zero-order valence-electron chi connectivity index (χ0n) is 16.1. The summed E-state index contributed by atoms with van der Waals surface area (Å²) in [5, 5.41) is 2.59. The summed E-state index contributed by atoms with van der Waals surface area (Å²) < 4.78 is 55.1. The predicted octanol–water partition coefficient (Wildman–Crippen LogP) is 3.68. The van der Waals surface area contributed by atoms with E-state index in [9.17, 15) is 17.2 Å². The van der Waals surface area contributed by atoms with Crippen molar-refractivity contribution in [3.63, 3.8) is 0 Å². The van der Waals surface area contributed by atoms with Gasteiger partial charge in [0.15, 0.2) is 10.3 Å². The third kappa shape index (κ3) is 4.24. The van der Waals surface area contributed by atoms with Crippen LogP contribution in [-0.4, -0.2) is 44.0 Å². The van der Waals surface area contributed by atoms with Crippen LogP contribution in [0.2, 0.25) is 0 Å².